The molecular weight excluding hydrogens is 417 g/mol. The summed E-state index contributed by atoms with van der Waals surface area (Å²) in [6.07, 6.45) is -1.58. The molecule has 0 aliphatic carbocycles. The minimum absolute atomic E-state index is 0.0675. The third-order valence-corrected chi connectivity index (χ3v) is 5.69. The van der Waals surface area contributed by atoms with Gasteiger partial charge in [0.1, 0.15) is 5.82 Å². The maximum absolute atomic E-state index is 13.1. The number of rotatable bonds is 7. The summed E-state index contributed by atoms with van der Waals surface area (Å²) in [5, 5.41) is 11.5. The van der Waals surface area contributed by atoms with Crippen LogP contribution in [0.25, 0.3) is 0 Å². The average molecular weight is 441 g/mol. The van der Waals surface area contributed by atoms with Crippen LogP contribution >= 0.6 is 0 Å². The fourth-order valence-electron chi connectivity index (χ4n) is 3.86. The molecule has 2 atom stereocenters. The standard InChI is InChI=1S/C23H24FN3O5/c24-16-5-7-17(8-6-16)26-11-13-27(14-12-26)22(29)18-4-2-1-3-15(18)9-10-25-21(28)19-20(32-19)23(30)31/h1-8,19-20H,9-14H2,(H,25,28)(H,30,31). The molecule has 4 rings (SSSR count). The van der Waals surface area contributed by atoms with Crippen molar-refractivity contribution in [2.45, 2.75) is 18.6 Å². The predicted octanol–water partition coefficient (Wildman–Crippen LogP) is 1.30. The molecule has 2 heterocycles. The number of halogens is 1. The maximum atomic E-state index is 13.1. The lowest BCUT2D eigenvalue weighted by atomic mass is 10.0. The molecule has 2 fully saturated rings. The number of hydrogen-bond donors (Lipinski definition) is 2. The van der Waals surface area contributed by atoms with Gasteiger partial charge in [0.15, 0.2) is 12.2 Å². The van der Waals surface area contributed by atoms with Crippen LogP contribution in [0.1, 0.15) is 15.9 Å². The Morgan fingerprint density at radius 2 is 1.69 bits per heavy atom. The second-order valence-electron chi connectivity index (χ2n) is 7.77. The van der Waals surface area contributed by atoms with Gasteiger partial charge in [-0.1, -0.05) is 18.2 Å². The fourth-order valence-corrected chi connectivity index (χ4v) is 3.86. The Morgan fingerprint density at radius 3 is 2.34 bits per heavy atom. The van der Waals surface area contributed by atoms with Crippen molar-refractivity contribution in [2.75, 3.05) is 37.6 Å². The van der Waals surface area contributed by atoms with Crippen LogP contribution in [0.5, 0.6) is 0 Å². The van der Waals surface area contributed by atoms with E-state index in [9.17, 15) is 18.8 Å². The topological polar surface area (TPSA) is 102 Å². The van der Waals surface area contributed by atoms with Gasteiger partial charge < -0.3 is 25.0 Å². The number of ether oxygens (including phenoxy) is 1. The van der Waals surface area contributed by atoms with Gasteiger partial charge in [0.25, 0.3) is 11.8 Å². The van der Waals surface area contributed by atoms with E-state index in [0.29, 0.717) is 38.2 Å². The largest absolute Gasteiger partial charge is 0.479 e. The average Bonchev–Trinajstić information content (AvgIpc) is 3.61. The summed E-state index contributed by atoms with van der Waals surface area (Å²) in [5.74, 6) is -1.96. The fraction of sp³-hybridized carbons (Fsp3) is 0.348. The molecule has 2 aromatic carbocycles. The zero-order valence-corrected chi connectivity index (χ0v) is 17.4. The van der Waals surface area contributed by atoms with Crippen molar-refractivity contribution < 1.29 is 28.6 Å². The highest BCUT2D eigenvalue weighted by Gasteiger charge is 2.50. The van der Waals surface area contributed by atoms with Gasteiger partial charge in [0.2, 0.25) is 0 Å². The van der Waals surface area contributed by atoms with E-state index in [1.165, 1.54) is 12.1 Å². The van der Waals surface area contributed by atoms with Crippen molar-refractivity contribution in [1.82, 2.24) is 10.2 Å². The third kappa shape index (κ3) is 4.88. The Hall–Kier alpha value is -3.46. The molecule has 2 aromatic rings. The van der Waals surface area contributed by atoms with Crippen molar-refractivity contribution in [3.63, 3.8) is 0 Å². The number of carboxylic acids is 1. The van der Waals surface area contributed by atoms with E-state index < -0.39 is 24.1 Å². The van der Waals surface area contributed by atoms with Crippen molar-refractivity contribution in [1.29, 1.82) is 0 Å². The number of carboxylic acid groups (broad SMARTS) is 1. The van der Waals surface area contributed by atoms with Crippen LogP contribution in [-0.4, -0.2) is 72.7 Å². The number of carbonyl (C=O) groups is 3. The number of carbonyl (C=O) groups excluding carboxylic acids is 2. The molecule has 0 aromatic heterocycles. The van der Waals surface area contributed by atoms with Crippen LogP contribution in [0.3, 0.4) is 0 Å². The zero-order valence-electron chi connectivity index (χ0n) is 17.4. The molecular formula is C23H24FN3O5. The van der Waals surface area contributed by atoms with E-state index in [1.54, 1.807) is 29.2 Å². The Bertz CT molecular complexity index is 1000. The molecule has 2 unspecified atom stereocenters. The van der Waals surface area contributed by atoms with Crippen LogP contribution in [0.2, 0.25) is 0 Å². The Morgan fingerprint density at radius 1 is 1.00 bits per heavy atom. The molecule has 0 bridgehead atoms. The van der Waals surface area contributed by atoms with Gasteiger partial charge in [-0.15, -0.1) is 0 Å². The molecule has 168 valence electrons. The maximum Gasteiger partial charge on any atom is 0.336 e. The van der Waals surface area contributed by atoms with Gasteiger partial charge in [-0.05, 0) is 42.3 Å². The Balaban J connectivity index is 1.31. The first-order valence-electron chi connectivity index (χ1n) is 10.5. The highest BCUT2D eigenvalue weighted by molar-refractivity contribution is 5.96. The van der Waals surface area contributed by atoms with Crippen LogP contribution in [0, 0.1) is 5.82 Å². The molecule has 0 saturated carbocycles. The molecule has 9 heteroatoms. The van der Waals surface area contributed by atoms with E-state index in [4.69, 9.17) is 9.84 Å². The van der Waals surface area contributed by atoms with Gasteiger partial charge in [0.05, 0.1) is 0 Å². The monoisotopic (exact) mass is 441 g/mol. The lowest BCUT2D eigenvalue weighted by Crippen LogP contribution is -2.49. The number of nitrogens with zero attached hydrogens (tertiary/aromatic N) is 2. The summed E-state index contributed by atoms with van der Waals surface area (Å²) in [5.41, 5.74) is 2.33. The smallest absolute Gasteiger partial charge is 0.336 e. The number of piperazine rings is 1. The summed E-state index contributed by atoms with van der Waals surface area (Å²) in [6.45, 7) is 2.69. The van der Waals surface area contributed by atoms with Crippen molar-refractivity contribution in [2.24, 2.45) is 0 Å². The van der Waals surface area contributed by atoms with Gasteiger partial charge >= 0.3 is 5.97 Å². The molecule has 8 nitrogen and oxygen atoms in total. The Labute approximate surface area is 184 Å². The van der Waals surface area contributed by atoms with E-state index in [0.717, 1.165) is 11.3 Å². The molecule has 0 radical (unpaired) electrons. The quantitative estimate of drug-likeness (QED) is 0.628. The van der Waals surface area contributed by atoms with E-state index in [-0.39, 0.29) is 18.3 Å². The molecule has 0 spiro atoms. The normalized spacial score (nSPS) is 20.0. The highest BCUT2D eigenvalue weighted by Crippen LogP contribution is 2.22. The summed E-state index contributed by atoms with van der Waals surface area (Å²) in [7, 11) is 0. The number of amides is 2. The summed E-state index contributed by atoms with van der Waals surface area (Å²) in [4.78, 5) is 39.8. The van der Waals surface area contributed by atoms with Crippen molar-refractivity contribution >= 4 is 23.5 Å². The van der Waals surface area contributed by atoms with E-state index in [2.05, 4.69) is 10.2 Å². The predicted molar refractivity (Wildman–Crippen MR) is 114 cm³/mol. The van der Waals surface area contributed by atoms with Crippen molar-refractivity contribution in [3.8, 4) is 0 Å². The van der Waals surface area contributed by atoms with Gasteiger partial charge in [0, 0.05) is 44.0 Å². The van der Waals surface area contributed by atoms with Gasteiger partial charge in [-0.25, -0.2) is 9.18 Å². The number of anilines is 1. The number of aliphatic carboxylic acids is 1. The minimum atomic E-state index is -1.15. The van der Waals surface area contributed by atoms with Crippen LogP contribution in [0.4, 0.5) is 10.1 Å². The lowest BCUT2D eigenvalue weighted by molar-refractivity contribution is -0.138. The minimum Gasteiger partial charge on any atom is -0.479 e. The zero-order chi connectivity index (χ0) is 22.7. The molecule has 2 aliphatic rings. The number of nitrogens with one attached hydrogen (secondary N) is 1. The van der Waals surface area contributed by atoms with E-state index in [1.807, 2.05) is 12.1 Å². The first kappa shape index (κ1) is 21.8. The number of epoxide rings is 1. The SMILES string of the molecule is O=C(O)C1OC1C(=O)NCCc1ccccc1C(=O)N1CCN(c2ccc(F)cc2)CC1. The third-order valence-electron chi connectivity index (χ3n) is 5.69. The molecule has 32 heavy (non-hydrogen) atoms. The lowest BCUT2D eigenvalue weighted by Gasteiger charge is -2.36. The molecule has 2 aliphatic heterocycles. The van der Waals surface area contributed by atoms with E-state index >= 15 is 0 Å². The van der Waals surface area contributed by atoms with Gasteiger partial charge in [-0.3, -0.25) is 9.59 Å². The first-order chi connectivity index (χ1) is 15.4. The molecule has 2 amide bonds. The molecule has 2 saturated heterocycles. The second-order valence-corrected chi connectivity index (χ2v) is 7.77. The highest BCUT2D eigenvalue weighted by atomic mass is 19.1. The Kier molecular flexibility index (Phi) is 6.36. The van der Waals surface area contributed by atoms with Crippen molar-refractivity contribution in [3.05, 3.63) is 65.5 Å². The van der Waals surface area contributed by atoms with Crippen LogP contribution < -0.4 is 10.2 Å². The summed E-state index contributed by atoms with van der Waals surface area (Å²) >= 11 is 0. The summed E-state index contributed by atoms with van der Waals surface area (Å²) in [6, 6.07) is 13.6. The summed E-state index contributed by atoms with van der Waals surface area (Å²) < 4.78 is 18.0. The molecule has 2 N–H and O–H groups in total. The number of benzene rings is 2. The van der Waals surface area contributed by atoms with Crippen LogP contribution in [-0.2, 0) is 20.7 Å². The van der Waals surface area contributed by atoms with Crippen LogP contribution in [0.15, 0.2) is 48.5 Å². The first-order valence-corrected chi connectivity index (χ1v) is 10.5. The number of hydrogen-bond acceptors (Lipinski definition) is 5. The second kappa shape index (κ2) is 9.35. The van der Waals surface area contributed by atoms with Gasteiger partial charge in [-0.2, -0.15) is 0 Å².